The summed E-state index contributed by atoms with van der Waals surface area (Å²) < 4.78 is 11.9. The lowest BCUT2D eigenvalue weighted by atomic mass is 9.88. The predicted molar refractivity (Wildman–Crippen MR) is 86.5 cm³/mol. The van der Waals surface area contributed by atoms with Crippen LogP contribution in [-0.4, -0.2) is 19.3 Å². The van der Waals surface area contributed by atoms with Crippen molar-refractivity contribution in [2.24, 2.45) is 11.7 Å². The fraction of sp³-hybridized carbons (Fsp3) is 0.667. The second-order valence-corrected chi connectivity index (χ2v) is 6.25. The fourth-order valence-corrected chi connectivity index (χ4v) is 3.09. The Labute approximate surface area is 128 Å². The molecule has 118 valence electrons. The van der Waals surface area contributed by atoms with E-state index in [0.717, 1.165) is 36.5 Å². The number of ether oxygens (including phenoxy) is 2. The summed E-state index contributed by atoms with van der Waals surface area (Å²) in [5.41, 5.74) is 7.41. The SMILES string of the molecule is CCC(N)C(OC1CCC(C)CC1)c1ccccc1OC. The molecule has 2 atom stereocenters. The highest BCUT2D eigenvalue weighted by molar-refractivity contribution is 5.36. The molecular formula is C18H29NO2. The van der Waals surface area contributed by atoms with Crippen LogP contribution in [0.5, 0.6) is 5.75 Å². The van der Waals surface area contributed by atoms with E-state index in [2.05, 4.69) is 19.9 Å². The number of benzene rings is 1. The normalized spacial score (nSPS) is 25.3. The van der Waals surface area contributed by atoms with Gasteiger partial charge in [0.25, 0.3) is 0 Å². The molecule has 1 fully saturated rings. The van der Waals surface area contributed by atoms with E-state index >= 15 is 0 Å². The van der Waals surface area contributed by atoms with Crippen LogP contribution >= 0.6 is 0 Å². The molecule has 3 heteroatoms. The minimum Gasteiger partial charge on any atom is -0.496 e. The second-order valence-electron chi connectivity index (χ2n) is 6.25. The molecule has 1 saturated carbocycles. The predicted octanol–water partition coefficient (Wildman–Crippen LogP) is 4.07. The number of para-hydroxylation sites is 1. The first-order chi connectivity index (χ1) is 10.2. The summed E-state index contributed by atoms with van der Waals surface area (Å²) >= 11 is 0. The first-order valence-electron chi connectivity index (χ1n) is 8.19. The van der Waals surface area contributed by atoms with Gasteiger partial charge in [0, 0.05) is 11.6 Å². The molecule has 0 aliphatic heterocycles. The summed E-state index contributed by atoms with van der Waals surface area (Å²) in [6.45, 7) is 4.44. The van der Waals surface area contributed by atoms with Crippen LogP contribution in [0, 0.1) is 5.92 Å². The van der Waals surface area contributed by atoms with E-state index < -0.39 is 0 Å². The van der Waals surface area contributed by atoms with E-state index in [-0.39, 0.29) is 12.1 Å². The molecule has 1 aliphatic rings. The zero-order valence-corrected chi connectivity index (χ0v) is 13.5. The van der Waals surface area contributed by atoms with E-state index in [1.807, 2.05) is 18.2 Å². The lowest BCUT2D eigenvalue weighted by Crippen LogP contribution is -2.34. The zero-order chi connectivity index (χ0) is 15.2. The Kier molecular flexibility index (Phi) is 6.07. The zero-order valence-electron chi connectivity index (χ0n) is 13.5. The van der Waals surface area contributed by atoms with Crippen molar-refractivity contribution in [3.05, 3.63) is 29.8 Å². The molecule has 1 aromatic carbocycles. The smallest absolute Gasteiger partial charge is 0.124 e. The van der Waals surface area contributed by atoms with Gasteiger partial charge in [-0.1, -0.05) is 32.0 Å². The Morgan fingerprint density at radius 3 is 2.48 bits per heavy atom. The third kappa shape index (κ3) is 4.21. The molecule has 0 radical (unpaired) electrons. The largest absolute Gasteiger partial charge is 0.496 e. The first-order valence-corrected chi connectivity index (χ1v) is 8.19. The van der Waals surface area contributed by atoms with Crippen LogP contribution in [-0.2, 0) is 4.74 Å². The maximum Gasteiger partial charge on any atom is 0.124 e. The fourth-order valence-electron chi connectivity index (χ4n) is 3.09. The number of rotatable bonds is 6. The van der Waals surface area contributed by atoms with Crippen LogP contribution in [0.3, 0.4) is 0 Å². The Morgan fingerprint density at radius 1 is 1.19 bits per heavy atom. The summed E-state index contributed by atoms with van der Waals surface area (Å²) in [5, 5.41) is 0. The van der Waals surface area contributed by atoms with Crippen molar-refractivity contribution in [2.75, 3.05) is 7.11 Å². The average Bonchev–Trinajstić information content (AvgIpc) is 2.53. The summed E-state index contributed by atoms with van der Waals surface area (Å²) in [4.78, 5) is 0. The standard InChI is InChI=1S/C18H29NO2/c1-4-16(19)18(15-7-5-6-8-17(15)20-3)21-14-11-9-13(2)10-12-14/h5-8,13-14,16,18H,4,9-12,19H2,1-3H3. The third-order valence-corrected chi connectivity index (χ3v) is 4.61. The van der Waals surface area contributed by atoms with Gasteiger partial charge in [-0.05, 0) is 44.1 Å². The summed E-state index contributed by atoms with van der Waals surface area (Å²) in [5.74, 6) is 1.70. The van der Waals surface area contributed by atoms with Crippen molar-refractivity contribution in [1.82, 2.24) is 0 Å². The van der Waals surface area contributed by atoms with Crippen molar-refractivity contribution in [3.63, 3.8) is 0 Å². The van der Waals surface area contributed by atoms with Crippen molar-refractivity contribution in [2.45, 2.75) is 64.2 Å². The molecular weight excluding hydrogens is 262 g/mol. The minimum atomic E-state index is -0.0791. The van der Waals surface area contributed by atoms with Crippen LogP contribution in [0.25, 0.3) is 0 Å². The van der Waals surface area contributed by atoms with E-state index in [4.69, 9.17) is 15.2 Å². The number of methoxy groups -OCH3 is 1. The van der Waals surface area contributed by atoms with Crippen molar-refractivity contribution < 1.29 is 9.47 Å². The molecule has 3 nitrogen and oxygen atoms in total. The Balaban J connectivity index is 2.14. The molecule has 1 aromatic rings. The van der Waals surface area contributed by atoms with E-state index in [1.165, 1.54) is 12.8 Å². The molecule has 0 aromatic heterocycles. The first kappa shape index (κ1) is 16.3. The van der Waals surface area contributed by atoms with Crippen LogP contribution in [0.2, 0.25) is 0 Å². The van der Waals surface area contributed by atoms with Gasteiger partial charge in [-0.3, -0.25) is 0 Å². The van der Waals surface area contributed by atoms with Crippen molar-refractivity contribution in [1.29, 1.82) is 0 Å². The Bertz CT molecular complexity index is 427. The topological polar surface area (TPSA) is 44.5 Å². The highest BCUT2D eigenvalue weighted by Gasteiger charge is 2.28. The molecule has 1 aliphatic carbocycles. The van der Waals surface area contributed by atoms with Gasteiger partial charge >= 0.3 is 0 Å². The van der Waals surface area contributed by atoms with Gasteiger partial charge in [0.1, 0.15) is 11.9 Å². The van der Waals surface area contributed by atoms with Crippen LogP contribution in [0.15, 0.2) is 24.3 Å². The lowest BCUT2D eigenvalue weighted by Gasteiger charge is -2.33. The third-order valence-electron chi connectivity index (χ3n) is 4.61. The van der Waals surface area contributed by atoms with Gasteiger partial charge in [0.05, 0.1) is 13.2 Å². The number of hydrogen-bond acceptors (Lipinski definition) is 3. The van der Waals surface area contributed by atoms with Crippen LogP contribution in [0.4, 0.5) is 0 Å². The highest BCUT2D eigenvalue weighted by atomic mass is 16.5. The summed E-state index contributed by atoms with van der Waals surface area (Å²) in [6, 6.07) is 8.07. The Morgan fingerprint density at radius 2 is 1.86 bits per heavy atom. The van der Waals surface area contributed by atoms with Gasteiger partial charge in [0.15, 0.2) is 0 Å². The molecule has 0 saturated heterocycles. The highest BCUT2D eigenvalue weighted by Crippen LogP contribution is 2.35. The van der Waals surface area contributed by atoms with Crippen LogP contribution in [0.1, 0.15) is 57.6 Å². The number of hydrogen-bond donors (Lipinski definition) is 1. The molecule has 0 bridgehead atoms. The maximum absolute atomic E-state index is 6.42. The Hall–Kier alpha value is -1.06. The van der Waals surface area contributed by atoms with Crippen LogP contribution < -0.4 is 10.5 Å². The summed E-state index contributed by atoms with van der Waals surface area (Å²) in [7, 11) is 1.70. The summed E-state index contributed by atoms with van der Waals surface area (Å²) in [6.07, 6.45) is 5.94. The molecule has 2 rings (SSSR count). The van der Waals surface area contributed by atoms with E-state index in [0.29, 0.717) is 6.10 Å². The molecule has 2 unspecified atom stereocenters. The monoisotopic (exact) mass is 291 g/mol. The van der Waals surface area contributed by atoms with Crippen molar-refractivity contribution >= 4 is 0 Å². The molecule has 0 amide bonds. The van der Waals surface area contributed by atoms with Gasteiger partial charge in [0.2, 0.25) is 0 Å². The molecule has 0 heterocycles. The van der Waals surface area contributed by atoms with Gasteiger partial charge in [-0.25, -0.2) is 0 Å². The lowest BCUT2D eigenvalue weighted by molar-refractivity contribution is -0.0496. The van der Waals surface area contributed by atoms with Gasteiger partial charge in [-0.15, -0.1) is 0 Å². The quantitative estimate of drug-likeness (QED) is 0.859. The average molecular weight is 291 g/mol. The second kappa shape index (κ2) is 7.81. The number of nitrogens with two attached hydrogens (primary N) is 1. The van der Waals surface area contributed by atoms with Crippen molar-refractivity contribution in [3.8, 4) is 5.75 Å². The van der Waals surface area contributed by atoms with E-state index in [9.17, 15) is 0 Å². The van der Waals surface area contributed by atoms with Gasteiger partial charge in [-0.2, -0.15) is 0 Å². The minimum absolute atomic E-state index is 0.000602. The van der Waals surface area contributed by atoms with Gasteiger partial charge < -0.3 is 15.2 Å². The molecule has 0 spiro atoms. The van der Waals surface area contributed by atoms with E-state index in [1.54, 1.807) is 7.11 Å². The molecule has 21 heavy (non-hydrogen) atoms. The molecule has 2 N–H and O–H groups in total. The maximum atomic E-state index is 6.42.